The Balaban J connectivity index is 1.81. The first-order chi connectivity index (χ1) is 13.3. The summed E-state index contributed by atoms with van der Waals surface area (Å²) in [7, 11) is 0. The maximum Gasteiger partial charge on any atom is 0.143 e. The number of aliphatic hydroxyl groups is 1. The second-order valence-corrected chi connectivity index (χ2v) is 6.94. The van der Waals surface area contributed by atoms with Crippen molar-refractivity contribution in [3.8, 4) is 0 Å². The maximum atomic E-state index is 9.80. The molecule has 0 bridgehead atoms. The molecule has 3 nitrogen and oxygen atoms in total. The predicted octanol–water partition coefficient (Wildman–Crippen LogP) is 4.14. The molecule has 1 aliphatic rings. The lowest BCUT2D eigenvalue weighted by molar-refractivity contribution is -0.0460. The molecule has 0 aromatic heterocycles. The standard InChI is InChI=1S/C24H24O3/c25-22-16-23(26-17-22)18-27-24(19-10-4-1-5-11-19,20-12-6-2-7-13-20)21-14-8-3-9-15-21/h1-15,22-23,25H,16-18H2/t22-,23-/m0/s1. The third-order valence-corrected chi connectivity index (χ3v) is 5.09. The largest absolute Gasteiger partial charge is 0.391 e. The van der Waals surface area contributed by atoms with E-state index in [4.69, 9.17) is 9.47 Å². The zero-order valence-corrected chi connectivity index (χ0v) is 15.2. The Kier molecular flexibility index (Phi) is 5.35. The summed E-state index contributed by atoms with van der Waals surface area (Å²) in [5.74, 6) is 0. The first-order valence-corrected chi connectivity index (χ1v) is 9.39. The van der Waals surface area contributed by atoms with Crippen LogP contribution in [0.1, 0.15) is 23.1 Å². The van der Waals surface area contributed by atoms with Crippen LogP contribution in [0.5, 0.6) is 0 Å². The fraction of sp³-hybridized carbons (Fsp3) is 0.250. The van der Waals surface area contributed by atoms with Crippen molar-refractivity contribution in [2.45, 2.75) is 24.2 Å². The highest BCUT2D eigenvalue weighted by atomic mass is 16.6. The van der Waals surface area contributed by atoms with Crippen LogP contribution >= 0.6 is 0 Å². The molecule has 0 spiro atoms. The molecule has 3 aromatic rings. The van der Waals surface area contributed by atoms with Gasteiger partial charge >= 0.3 is 0 Å². The molecule has 3 heteroatoms. The van der Waals surface area contributed by atoms with E-state index in [-0.39, 0.29) is 6.10 Å². The van der Waals surface area contributed by atoms with Crippen molar-refractivity contribution < 1.29 is 14.6 Å². The van der Waals surface area contributed by atoms with Gasteiger partial charge in [0.1, 0.15) is 5.60 Å². The van der Waals surface area contributed by atoms with E-state index in [9.17, 15) is 5.11 Å². The molecule has 138 valence electrons. The molecule has 2 atom stereocenters. The molecular weight excluding hydrogens is 336 g/mol. The Morgan fingerprint density at radius 2 is 1.22 bits per heavy atom. The number of hydrogen-bond donors (Lipinski definition) is 1. The monoisotopic (exact) mass is 360 g/mol. The van der Waals surface area contributed by atoms with Crippen LogP contribution < -0.4 is 0 Å². The summed E-state index contributed by atoms with van der Waals surface area (Å²) in [6.07, 6.45) is 0.0998. The third-order valence-electron chi connectivity index (χ3n) is 5.09. The Bertz CT molecular complexity index is 737. The SMILES string of the molecule is O[C@@H]1CO[C@H](COC(c2ccccc2)(c2ccccc2)c2ccccc2)C1. The minimum absolute atomic E-state index is 0.101. The number of aliphatic hydroxyl groups excluding tert-OH is 1. The topological polar surface area (TPSA) is 38.7 Å². The van der Waals surface area contributed by atoms with E-state index >= 15 is 0 Å². The smallest absolute Gasteiger partial charge is 0.143 e. The molecule has 1 fully saturated rings. The molecule has 0 saturated carbocycles. The molecule has 4 rings (SSSR count). The zero-order valence-electron chi connectivity index (χ0n) is 15.2. The lowest BCUT2D eigenvalue weighted by atomic mass is 9.80. The van der Waals surface area contributed by atoms with E-state index in [1.807, 2.05) is 54.6 Å². The van der Waals surface area contributed by atoms with Crippen molar-refractivity contribution in [3.63, 3.8) is 0 Å². The molecular formula is C24H24O3. The van der Waals surface area contributed by atoms with Crippen LogP contribution in [0.15, 0.2) is 91.0 Å². The van der Waals surface area contributed by atoms with E-state index in [1.54, 1.807) is 0 Å². The highest BCUT2D eigenvalue weighted by molar-refractivity contribution is 5.47. The molecule has 0 aliphatic carbocycles. The molecule has 1 saturated heterocycles. The summed E-state index contributed by atoms with van der Waals surface area (Å²) >= 11 is 0. The summed E-state index contributed by atoms with van der Waals surface area (Å²) in [5, 5.41) is 9.80. The normalized spacial score (nSPS) is 19.9. The van der Waals surface area contributed by atoms with E-state index in [0.29, 0.717) is 19.6 Å². The van der Waals surface area contributed by atoms with E-state index in [2.05, 4.69) is 36.4 Å². The fourth-order valence-electron chi connectivity index (χ4n) is 3.79. The molecule has 0 amide bonds. The number of rotatable bonds is 6. The summed E-state index contributed by atoms with van der Waals surface area (Å²) < 4.78 is 12.4. The van der Waals surface area contributed by atoms with Gasteiger partial charge in [0.25, 0.3) is 0 Å². The minimum Gasteiger partial charge on any atom is -0.391 e. The van der Waals surface area contributed by atoms with Crippen molar-refractivity contribution >= 4 is 0 Å². The Morgan fingerprint density at radius 3 is 1.59 bits per heavy atom. The van der Waals surface area contributed by atoms with Gasteiger partial charge in [-0.3, -0.25) is 0 Å². The minimum atomic E-state index is -0.735. The van der Waals surface area contributed by atoms with Gasteiger partial charge in [-0.15, -0.1) is 0 Å². The van der Waals surface area contributed by atoms with Crippen LogP contribution in [0.3, 0.4) is 0 Å². The molecule has 3 aromatic carbocycles. The van der Waals surface area contributed by atoms with Gasteiger partial charge in [-0.05, 0) is 16.7 Å². The molecule has 1 heterocycles. The third kappa shape index (κ3) is 3.67. The average molecular weight is 360 g/mol. The number of ether oxygens (including phenoxy) is 2. The predicted molar refractivity (Wildman–Crippen MR) is 106 cm³/mol. The van der Waals surface area contributed by atoms with E-state index < -0.39 is 11.7 Å². The van der Waals surface area contributed by atoms with Crippen LogP contribution in [0.2, 0.25) is 0 Å². The molecule has 0 unspecified atom stereocenters. The number of hydrogen-bond acceptors (Lipinski definition) is 3. The van der Waals surface area contributed by atoms with Gasteiger partial charge in [-0.2, -0.15) is 0 Å². The Hall–Kier alpha value is -2.46. The molecule has 27 heavy (non-hydrogen) atoms. The van der Waals surface area contributed by atoms with Crippen LogP contribution in [0.25, 0.3) is 0 Å². The van der Waals surface area contributed by atoms with Crippen LogP contribution in [0, 0.1) is 0 Å². The van der Waals surface area contributed by atoms with E-state index in [1.165, 1.54) is 0 Å². The fourth-order valence-corrected chi connectivity index (χ4v) is 3.79. The van der Waals surface area contributed by atoms with Crippen LogP contribution in [0.4, 0.5) is 0 Å². The Morgan fingerprint density at radius 1 is 0.778 bits per heavy atom. The second kappa shape index (κ2) is 8.05. The summed E-state index contributed by atoms with van der Waals surface area (Å²) in [6.45, 7) is 0.790. The highest BCUT2D eigenvalue weighted by Crippen LogP contribution is 2.40. The molecule has 1 aliphatic heterocycles. The molecule has 0 radical (unpaired) electrons. The van der Waals surface area contributed by atoms with Crippen molar-refractivity contribution in [2.24, 2.45) is 0 Å². The van der Waals surface area contributed by atoms with Gasteiger partial charge in [-0.1, -0.05) is 91.0 Å². The number of benzene rings is 3. The second-order valence-electron chi connectivity index (χ2n) is 6.94. The summed E-state index contributed by atoms with van der Waals surface area (Å²) in [6, 6.07) is 30.9. The van der Waals surface area contributed by atoms with Gasteiger partial charge < -0.3 is 14.6 Å². The zero-order chi connectivity index (χ0) is 18.5. The maximum absolute atomic E-state index is 9.80. The van der Waals surface area contributed by atoms with Crippen molar-refractivity contribution in [1.29, 1.82) is 0 Å². The van der Waals surface area contributed by atoms with Gasteiger partial charge in [-0.25, -0.2) is 0 Å². The van der Waals surface area contributed by atoms with Crippen molar-refractivity contribution in [2.75, 3.05) is 13.2 Å². The lowest BCUT2D eigenvalue weighted by Gasteiger charge is -2.36. The van der Waals surface area contributed by atoms with Gasteiger partial charge in [0.2, 0.25) is 0 Å². The van der Waals surface area contributed by atoms with Crippen molar-refractivity contribution in [1.82, 2.24) is 0 Å². The summed E-state index contributed by atoms with van der Waals surface area (Å²) in [5.41, 5.74) is 2.48. The average Bonchev–Trinajstić information content (AvgIpc) is 3.16. The first kappa shape index (κ1) is 17.9. The van der Waals surface area contributed by atoms with Crippen LogP contribution in [-0.4, -0.2) is 30.5 Å². The quantitative estimate of drug-likeness (QED) is 0.671. The Labute approximate surface area is 160 Å². The first-order valence-electron chi connectivity index (χ1n) is 9.39. The van der Waals surface area contributed by atoms with Gasteiger partial charge in [0.15, 0.2) is 0 Å². The summed E-state index contributed by atoms with van der Waals surface area (Å²) in [4.78, 5) is 0. The van der Waals surface area contributed by atoms with Gasteiger partial charge in [0.05, 0.1) is 25.4 Å². The van der Waals surface area contributed by atoms with Gasteiger partial charge in [0, 0.05) is 6.42 Å². The van der Waals surface area contributed by atoms with Crippen molar-refractivity contribution in [3.05, 3.63) is 108 Å². The highest BCUT2D eigenvalue weighted by Gasteiger charge is 2.39. The lowest BCUT2D eigenvalue weighted by Crippen LogP contribution is -2.35. The van der Waals surface area contributed by atoms with E-state index in [0.717, 1.165) is 16.7 Å². The van der Waals surface area contributed by atoms with Crippen LogP contribution in [-0.2, 0) is 15.1 Å². The molecule has 1 N–H and O–H groups in total.